The molecule has 0 bridgehead atoms. The van der Waals surface area contributed by atoms with Crippen molar-refractivity contribution in [3.8, 4) is 5.75 Å². The first-order chi connectivity index (χ1) is 16.4. The quantitative estimate of drug-likeness (QED) is 0.521. The van der Waals surface area contributed by atoms with Gasteiger partial charge in [-0.2, -0.15) is 0 Å². The minimum Gasteiger partial charge on any atom is -0.493 e. The van der Waals surface area contributed by atoms with E-state index in [9.17, 15) is 13.2 Å². The van der Waals surface area contributed by atoms with Crippen molar-refractivity contribution in [2.75, 3.05) is 32.8 Å². The molecule has 1 amide bonds. The first-order valence-electron chi connectivity index (χ1n) is 12.0. The minimum absolute atomic E-state index is 0.0396. The molecule has 8 heteroatoms. The summed E-state index contributed by atoms with van der Waals surface area (Å²) >= 11 is 6.00. The van der Waals surface area contributed by atoms with E-state index in [4.69, 9.17) is 16.3 Å². The molecule has 6 nitrogen and oxygen atoms in total. The van der Waals surface area contributed by atoms with E-state index in [1.165, 1.54) is 0 Å². The third-order valence-corrected chi connectivity index (χ3v) is 8.85. The lowest BCUT2D eigenvalue weighted by atomic mass is 9.78. The Morgan fingerprint density at radius 2 is 1.65 bits per heavy atom. The lowest BCUT2D eigenvalue weighted by Crippen LogP contribution is -2.51. The molecule has 0 aromatic heterocycles. The summed E-state index contributed by atoms with van der Waals surface area (Å²) in [6, 6.07) is 16.4. The highest BCUT2D eigenvalue weighted by molar-refractivity contribution is 7.88. The largest absolute Gasteiger partial charge is 0.493 e. The van der Waals surface area contributed by atoms with Gasteiger partial charge in [-0.3, -0.25) is 4.79 Å². The van der Waals surface area contributed by atoms with E-state index >= 15 is 0 Å². The number of nitrogens with zero attached hydrogens (tertiary/aromatic N) is 2. The average molecular weight is 505 g/mol. The van der Waals surface area contributed by atoms with Crippen LogP contribution in [0.3, 0.4) is 0 Å². The van der Waals surface area contributed by atoms with Crippen LogP contribution in [0, 0.1) is 5.41 Å². The van der Waals surface area contributed by atoms with Crippen LogP contribution in [0.25, 0.3) is 0 Å². The molecule has 4 rings (SSSR count). The number of amides is 1. The number of rotatable bonds is 8. The topological polar surface area (TPSA) is 66.9 Å². The Bertz CT molecular complexity index is 1060. The van der Waals surface area contributed by atoms with Gasteiger partial charge in [-0.1, -0.05) is 41.9 Å². The third-order valence-electron chi connectivity index (χ3n) is 6.81. The molecule has 34 heavy (non-hydrogen) atoms. The molecule has 2 fully saturated rings. The van der Waals surface area contributed by atoms with Crippen LogP contribution in [0.15, 0.2) is 54.6 Å². The van der Waals surface area contributed by atoms with Gasteiger partial charge in [0, 0.05) is 43.0 Å². The molecule has 2 aromatic rings. The van der Waals surface area contributed by atoms with Crippen molar-refractivity contribution in [2.24, 2.45) is 5.41 Å². The van der Waals surface area contributed by atoms with Gasteiger partial charge < -0.3 is 9.64 Å². The smallest absolute Gasteiger partial charge is 0.223 e. The number of sulfonamides is 1. The van der Waals surface area contributed by atoms with Crippen molar-refractivity contribution < 1.29 is 17.9 Å². The Hall–Kier alpha value is -2.09. The van der Waals surface area contributed by atoms with E-state index in [1.807, 2.05) is 35.2 Å². The Morgan fingerprint density at radius 3 is 2.35 bits per heavy atom. The van der Waals surface area contributed by atoms with E-state index in [2.05, 4.69) is 0 Å². The van der Waals surface area contributed by atoms with Crippen molar-refractivity contribution in [2.45, 2.75) is 44.3 Å². The van der Waals surface area contributed by atoms with E-state index < -0.39 is 15.4 Å². The van der Waals surface area contributed by atoms with Gasteiger partial charge >= 0.3 is 0 Å². The van der Waals surface area contributed by atoms with Gasteiger partial charge in [-0.25, -0.2) is 12.7 Å². The lowest BCUT2D eigenvalue weighted by Gasteiger charge is -2.42. The zero-order valence-electron chi connectivity index (χ0n) is 19.5. The zero-order valence-corrected chi connectivity index (χ0v) is 21.1. The number of carbonyl (C=O) groups is 1. The van der Waals surface area contributed by atoms with Gasteiger partial charge in [0.2, 0.25) is 15.9 Å². The van der Waals surface area contributed by atoms with Crippen molar-refractivity contribution in [1.82, 2.24) is 9.21 Å². The summed E-state index contributed by atoms with van der Waals surface area (Å²) < 4.78 is 34.3. The van der Waals surface area contributed by atoms with Crippen LogP contribution in [0.1, 0.15) is 44.1 Å². The predicted molar refractivity (Wildman–Crippen MR) is 134 cm³/mol. The molecular weight excluding hydrogens is 472 g/mol. The fraction of sp³-hybridized carbons (Fsp3) is 0.500. The Kier molecular flexibility index (Phi) is 8.17. The summed E-state index contributed by atoms with van der Waals surface area (Å²) in [6.07, 6.45) is 4.94. The summed E-state index contributed by atoms with van der Waals surface area (Å²) in [5.41, 5.74) is 0.191. The van der Waals surface area contributed by atoms with E-state index in [0.29, 0.717) is 23.7 Å². The second kappa shape index (κ2) is 11.1. The van der Waals surface area contributed by atoms with E-state index in [-0.39, 0.29) is 31.2 Å². The van der Waals surface area contributed by atoms with Gasteiger partial charge in [-0.05, 0) is 61.9 Å². The molecule has 0 radical (unpaired) electrons. The molecule has 0 spiro atoms. The molecule has 0 unspecified atom stereocenters. The SMILES string of the molecule is O=C(C[C@@]1(COc2ccc(Cl)cc2)CCCN(S(=O)(=O)Cc2ccccc2)C1)N1CCCCC1. The number of carbonyl (C=O) groups excluding carboxylic acids is 1. The Balaban J connectivity index is 1.53. The van der Waals surface area contributed by atoms with Gasteiger partial charge in [0.05, 0.1) is 12.4 Å². The molecule has 0 aliphatic carbocycles. The molecule has 2 saturated heterocycles. The van der Waals surface area contributed by atoms with Crippen LogP contribution < -0.4 is 4.74 Å². The second-order valence-electron chi connectivity index (χ2n) is 9.54. The van der Waals surface area contributed by atoms with Gasteiger partial charge in [-0.15, -0.1) is 0 Å². The average Bonchev–Trinajstić information content (AvgIpc) is 2.85. The van der Waals surface area contributed by atoms with Crippen molar-refractivity contribution in [3.63, 3.8) is 0 Å². The molecule has 1 atom stereocenters. The molecule has 184 valence electrons. The Morgan fingerprint density at radius 1 is 0.941 bits per heavy atom. The number of ether oxygens (including phenoxy) is 1. The first kappa shape index (κ1) is 25.0. The van der Waals surface area contributed by atoms with Gasteiger partial charge in [0.25, 0.3) is 0 Å². The second-order valence-corrected chi connectivity index (χ2v) is 11.9. The number of likely N-dealkylation sites (tertiary alicyclic amines) is 1. The van der Waals surface area contributed by atoms with E-state index in [1.54, 1.807) is 28.6 Å². The molecular formula is C26H33ClN2O4S. The molecule has 0 N–H and O–H groups in total. The number of hydrogen-bond donors (Lipinski definition) is 0. The molecule has 0 saturated carbocycles. The van der Waals surface area contributed by atoms with Crippen molar-refractivity contribution in [3.05, 3.63) is 65.2 Å². The number of piperidine rings is 2. The minimum atomic E-state index is -3.52. The predicted octanol–water partition coefficient (Wildman–Crippen LogP) is 4.73. The molecule has 2 aliphatic heterocycles. The Labute approximate surface area is 207 Å². The lowest BCUT2D eigenvalue weighted by molar-refractivity contribution is -0.136. The fourth-order valence-electron chi connectivity index (χ4n) is 4.93. The summed E-state index contributed by atoms with van der Waals surface area (Å²) in [6.45, 7) is 2.60. The number of hydrogen-bond acceptors (Lipinski definition) is 4. The summed E-state index contributed by atoms with van der Waals surface area (Å²) in [7, 11) is -3.52. The maximum atomic E-state index is 13.3. The highest BCUT2D eigenvalue weighted by Crippen LogP contribution is 2.37. The zero-order chi connectivity index (χ0) is 24.0. The van der Waals surface area contributed by atoms with Crippen molar-refractivity contribution >= 4 is 27.5 Å². The summed E-state index contributed by atoms with van der Waals surface area (Å²) in [5.74, 6) is 0.724. The van der Waals surface area contributed by atoms with E-state index in [0.717, 1.165) is 44.3 Å². The van der Waals surface area contributed by atoms with Crippen LogP contribution >= 0.6 is 11.6 Å². The standard InChI is InChI=1S/C26H33ClN2O4S/c27-23-10-12-24(13-11-23)33-21-26(18-25(30)28-15-5-2-6-16-28)14-7-17-29(20-26)34(31,32)19-22-8-3-1-4-9-22/h1,3-4,8-13H,2,5-7,14-21H2/t26-/m0/s1. The number of benzene rings is 2. The van der Waals surface area contributed by atoms with Gasteiger partial charge in [0.1, 0.15) is 5.75 Å². The molecule has 2 heterocycles. The van der Waals surface area contributed by atoms with Crippen LogP contribution in [-0.4, -0.2) is 56.3 Å². The van der Waals surface area contributed by atoms with Crippen LogP contribution in [0.5, 0.6) is 5.75 Å². The highest BCUT2D eigenvalue weighted by atomic mass is 35.5. The fourth-order valence-corrected chi connectivity index (χ4v) is 6.73. The number of halogens is 1. The van der Waals surface area contributed by atoms with Crippen molar-refractivity contribution in [1.29, 1.82) is 0 Å². The monoisotopic (exact) mass is 504 g/mol. The third kappa shape index (κ3) is 6.52. The highest BCUT2D eigenvalue weighted by Gasteiger charge is 2.42. The van der Waals surface area contributed by atoms with Gasteiger partial charge in [0.15, 0.2) is 0 Å². The maximum absolute atomic E-state index is 13.3. The van der Waals surface area contributed by atoms with Crippen LogP contribution in [0.4, 0.5) is 0 Å². The first-order valence-corrected chi connectivity index (χ1v) is 14.0. The molecule has 2 aromatic carbocycles. The summed E-state index contributed by atoms with van der Waals surface area (Å²) in [5, 5.41) is 0.623. The van der Waals surface area contributed by atoms with Crippen LogP contribution in [-0.2, 0) is 20.6 Å². The normalized spacial score (nSPS) is 21.9. The summed E-state index contributed by atoms with van der Waals surface area (Å²) in [4.78, 5) is 15.2. The molecule has 2 aliphatic rings. The maximum Gasteiger partial charge on any atom is 0.223 e. The van der Waals surface area contributed by atoms with Crippen LogP contribution in [0.2, 0.25) is 5.02 Å².